The maximum atomic E-state index is 13.8. The second-order valence-corrected chi connectivity index (χ2v) is 13.7. The van der Waals surface area contributed by atoms with E-state index in [9.17, 15) is 23.1 Å². The summed E-state index contributed by atoms with van der Waals surface area (Å²) < 4.78 is 34.2. The van der Waals surface area contributed by atoms with Crippen molar-refractivity contribution >= 4 is 55.7 Å². The largest absolute Gasteiger partial charge is 0.488 e. The quantitative estimate of drug-likeness (QED) is 0.225. The van der Waals surface area contributed by atoms with Crippen molar-refractivity contribution in [2.75, 3.05) is 37.4 Å². The fraction of sp³-hybridized carbons (Fsp3) is 0.273. The number of sulfonamides is 1. The van der Waals surface area contributed by atoms with Crippen molar-refractivity contribution in [2.24, 2.45) is 5.92 Å². The number of carbonyl (C=O) groups is 2. The molecule has 0 spiro atoms. The van der Waals surface area contributed by atoms with Crippen molar-refractivity contribution in [1.29, 1.82) is 0 Å². The average molecular weight is 651 g/mol. The van der Waals surface area contributed by atoms with Gasteiger partial charge in [-0.3, -0.25) is 4.79 Å². The molecular formula is C33H35ClN4O6S. The number of fused-ring (bicyclic) bond motifs is 2. The SMILES string of the molecule is C[C@@H]1CN([C@@H](C)CO)C(=O)c2cc(NC(=O)Nc3cccc4ccccc34)ccc2O[C@H]1CN(C)S(=O)(=O)c1ccc(Cl)cc1. The summed E-state index contributed by atoms with van der Waals surface area (Å²) in [6.45, 7) is 3.54. The highest BCUT2D eigenvalue weighted by Crippen LogP contribution is 2.32. The predicted octanol–water partition coefficient (Wildman–Crippen LogP) is 5.68. The standard InChI is InChI=1S/C33H35ClN4O6S/c1-21-18-38(22(2)20-39)32(40)28-17-25(35-33(41)36-29-10-6-8-23-7-4-5-9-27(23)29)13-16-30(28)44-31(21)19-37(3)45(42,43)26-14-11-24(34)12-15-26/h4-17,21-22,31,39H,18-20H2,1-3H3,(H2,35,36,41)/t21-,22+,31+/m1/s1. The van der Waals surface area contributed by atoms with Crippen LogP contribution < -0.4 is 15.4 Å². The van der Waals surface area contributed by atoms with E-state index < -0.39 is 28.2 Å². The van der Waals surface area contributed by atoms with Gasteiger partial charge in [0.25, 0.3) is 5.91 Å². The fourth-order valence-electron chi connectivity index (χ4n) is 5.28. The minimum Gasteiger partial charge on any atom is -0.488 e. The van der Waals surface area contributed by atoms with Gasteiger partial charge in [-0.1, -0.05) is 54.9 Å². The second-order valence-electron chi connectivity index (χ2n) is 11.2. The lowest BCUT2D eigenvalue weighted by Crippen LogP contribution is -2.50. The summed E-state index contributed by atoms with van der Waals surface area (Å²) in [4.78, 5) is 28.5. The molecular weight excluding hydrogens is 616 g/mol. The second kappa shape index (κ2) is 13.5. The van der Waals surface area contributed by atoms with E-state index in [0.29, 0.717) is 16.4 Å². The number of urea groups is 1. The minimum absolute atomic E-state index is 0.00541. The molecule has 0 bridgehead atoms. The van der Waals surface area contributed by atoms with Crippen molar-refractivity contribution in [3.63, 3.8) is 0 Å². The van der Waals surface area contributed by atoms with Gasteiger partial charge in [-0.05, 0) is 60.8 Å². The fourth-order valence-corrected chi connectivity index (χ4v) is 6.58. The molecule has 4 aromatic rings. The smallest absolute Gasteiger partial charge is 0.323 e. The van der Waals surface area contributed by atoms with Gasteiger partial charge in [-0.15, -0.1) is 0 Å². The lowest BCUT2D eigenvalue weighted by Gasteiger charge is -2.38. The predicted molar refractivity (Wildman–Crippen MR) is 175 cm³/mol. The van der Waals surface area contributed by atoms with Crippen molar-refractivity contribution in [3.8, 4) is 5.75 Å². The maximum absolute atomic E-state index is 13.8. The summed E-state index contributed by atoms with van der Waals surface area (Å²) in [5.41, 5.74) is 1.17. The van der Waals surface area contributed by atoms with Gasteiger partial charge in [0.05, 0.1) is 35.3 Å². The molecule has 3 atom stereocenters. The van der Waals surface area contributed by atoms with Gasteiger partial charge < -0.3 is 25.4 Å². The Hall–Kier alpha value is -4.16. The number of aliphatic hydroxyl groups excluding tert-OH is 1. The van der Waals surface area contributed by atoms with Crippen LogP contribution in [0.1, 0.15) is 24.2 Å². The molecule has 3 N–H and O–H groups in total. The molecule has 0 radical (unpaired) electrons. The minimum atomic E-state index is -3.86. The lowest BCUT2D eigenvalue weighted by atomic mass is 9.99. The highest BCUT2D eigenvalue weighted by Gasteiger charge is 2.35. The first-order valence-electron chi connectivity index (χ1n) is 14.5. The molecule has 0 aromatic heterocycles. The third kappa shape index (κ3) is 7.07. The van der Waals surface area contributed by atoms with Crippen LogP contribution in [0.4, 0.5) is 16.2 Å². The van der Waals surface area contributed by atoms with Crippen LogP contribution in [-0.4, -0.2) is 73.6 Å². The van der Waals surface area contributed by atoms with E-state index >= 15 is 0 Å². The molecule has 1 aliphatic heterocycles. The number of nitrogens with zero attached hydrogens (tertiary/aromatic N) is 2. The van der Waals surface area contributed by atoms with E-state index in [1.807, 2.05) is 43.3 Å². The van der Waals surface area contributed by atoms with E-state index in [4.69, 9.17) is 16.3 Å². The molecule has 1 heterocycles. The number of nitrogens with one attached hydrogen (secondary N) is 2. The van der Waals surface area contributed by atoms with Crippen LogP contribution in [0, 0.1) is 5.92 Å². The normalized spacial score (nSPS) is 17.6. The molecule has 0 saturated heterocycles. The van der Waals surface area contributed by atoms with E-state index in [0.717, 1.165) is 10.8 Å². The first kappa shape index (κ1) is 32.2. The van der Waals surface area contributed by atoms with Gasteiger partial charge in [0.1, 0.15) is 11.9 Å². The summed E-state index contributed by atoms with van der Waals surface area (Å²) in [5.74, 6) is -0.440. The molecule has 5 rings (SSSR count). The van der Waals surface area contributed by atoms with Crippen molar-refractivity contribution in [3.05, 3.63) is 95.5 Å². The van der Waals surface area contributed by atoms with E-state index in [1.54, 1.807) is 30.0 Å². The molecule has 1 aliphatic rings. The molecule has 0 saturated carbocycles. The Morgan fingerprint density at radius 1 is 1.07 bits per heavy atom. The molecule has 3 amide bonds. The van der Waals surface area contributed by atoms with Gasteiger partial charge in [-0.2, -0.15) is 4.31 Å². The highest BCUT2D eigenvalue weighted by molar-refractivity contribution is 7.89. The molecule has 12 heteroatoms. The van der Waals surface area contributed by atoms with Gasteiger partial charge in [0, 0.05) is 35.6 Å². The zero-order valence-corrected chi connectivity index (χ0v) is 26.7. The number of benzene rings is 4. The Labute approximate surface area is 267 Å². The number of hydrogen-bond acceptors (Lipinski definition) is 6. The van der Waals surface area contributed by atoms with Gasteiger partial charge in [0.2, 0.25) is 10.0 Å². The summed E-state index contributed by atoms with van der Waals surface area (Å²) >= 11 is 5.95. The lowest BCUT2D eigenvalue weighted by molar-refractivity contribution is 0.0387. The van der Waals surface area contributed by atoms with Gasteiger partial charge in [-0.25, -0.2) is 13.2 Å². The monoisotopic (exact) mass is 650 g/mol. The van der Waals surface area contributed by atoms with Crippen molar-refractivity contribution in [2.45, 2.75) is 30.9 Å². The number of ether oxygens (including phenoxy) is 1. The van der Waals surface area contributed by atoms with Crippen LogP contribution in [0.3, 0.4) is 0 Å². The summed E-state index contributed by atoms with van der Waals surface area (Å²) in [6.07, 6.45) is -0.647. The van der Waals surface area contributed by atoms with E-state index in [2.05, 4.69) is 10.6 Å². The van der Waals surface area contributed by atoms with Crippen molar-refractivity contribution < 1.29 is 27.9 Å². The van der Waals surface area contributed by atoms with Gasteiger partial charge >= 0.3 is 6.03 Å². The first-order valence-corrected chi connectivity index (χ1v) is 16.3. The zero-order chi connectivity index (χ0) is 32.3. The summed E-state index contributed by atoms with van der Waals surface area (Å²) in [7, 11) is -2.39. The van der Waals surface area contributed by atoms with Crippen LogP contribution in [0.2, 0.25) is 5.02 Å². The Balaban J connectivity index is 1.41. The highest BCUT2D eigenvalue weighted by atomic mass is 35.5. The molecule has 0 unspecified atom stereocenters. The Morgan fingerprint density at radius 2 is 1.78 bits per heavy atom. The molecule has 45 heavy (non-hydrogen) atoms. The number of carbonyl (C=O) groups excluding carboxylic acids is 2. The average Bonchev–Trinajstić information content (AvgIpc) is 3.03. The van der Waals surface area contributed by atoms with Crippen LogP contribution in [0.15, 0.2) is 89.8 Å². The third-order valence-corrected chi connectivity index (χ3v) is 10.0. The number of likely N-dealkylation sites (N-methyl/N-ethyl adjacent to an activating group) is 1. The topological polar surface area (TPSA) is 128 Å². The number of rotatable bonds is 8. The Bertz CT molecular complexity index is 1810. The van der Waals surface area contributed by atoms with E-state index in [1.165, 1.54) is 41.7 Å². The summed E-state index contributed by atoms with van der Waals surface area (Å²) in [5, 5.41) is 17.9. The molecule has 0 aliphatic carbocycles. The van der Waals surface area contributed by atoms with Crippen molar-refractivity contribution in [1.82, 2.24) is 9.21 Å². The third-order valence-electron chi connectivity index (χ3n) is 7.92. The zero-order valence-electron chi connectivity index (χ0n) is 25.1. The van der Waals surface area contributed by atoms with Crippen LogP contribution in [-0.2, 0) is 10.0 Å². The number of aliphatic hydroxyl groups is 1. The van der Waals surface area contributed by atoms with Gasteiger partial charge in [0.15, 0.2) is 0 Å². The van der Waals surface area contributed by atoms with E-state index in [-0.39, 0.29) is 47.7 Å². The summed E-state index contributed by atoms with van der Waals surface area (Å²) in [6, 6.07) is 22.9. The van der Waals surface area contributed by atoms with Crippen LogP contribution in [0.5, 0.6) is 5.75 Å². The molecule has 236 valence electrons. The number of halogens is 1. The Kier molecular flexibility index (Phi) is 9.64. The maximum Gasteiger partial charge on any atom is 0.323 e. The Morgan fingerprint density at radius 3 is 2.51 bits per heavy atom. The molecule has 10 nitrogen and oxygen atoms in total. The van der Waals surface area contributed by atoms with Crippen LogP contribution in [0.25, 0.3) is 10.8 Å². The molecule has 0 fully saturated rings. The number of anilines is 2. The number of hydrogen-bond donors (Lipinski definition) is 3. The molecule has 4 aromatic carbocycles. The van der Waals surface area contributed by atoms with Crippen LogP contribution >= 0.6 is 11.6 Å². The number of amides is 3. The first-order chi connectivity index (χ1) is 21.5.